The molecule has 0 saturated heterocycles. The lowest BCUT2D eigenvalue weighted by atomic mass is 10.0. The summed E-state index contributed by atoms with van der Waals surface area (Å²) < 4.78 is 5.26. The molecule has 1 aliphatic rings. The third kappa shape index (κ3) is 7.18. The lowest BCUT2D eigenvalue weighted by Crippen LogP contribution is -2.44. The van der Waals surface area contributed by atoms with E-state index in [1.165, 1.54) is 6.08 Å². The highest BCUT2D eigenvalue weighted by atomic mass is 35.5. The number of amides is 1. The van der Waals surface area contributed by atoms with Gasteiger partial charge in [-0.3, -0.25) is 0 Å². The van der Waals surface area contributed by atoms with Gasteiger partial charge in [-0.15, -0.1) is 0 Å². The number of fused-ring (bicyclic) bond motifs is 1. The van der Waals surface area contributed by atoms with Crippen LogP contribution in [0.15, 0.2) is 36.1 Å². The van der Waals surface area contributed by atoms with Crippen molar-refractivity contribution >= 4 is 29.7 Å². The summed E-state index contributed by atoms with van der Waals surface area (Å²) in [5.41, 5.74) is 2.70. The molecule has 2 rings (SSSR count). The van der Waals surface area contributed by atoms with Crippen LogP contribution in [0.3, 0.4) is 0 Å². The largest absolute Gasteiger partial charge is 0.507 e. The maximum Gasteiger partial charge on any atom is 0.434 e. The smallest absolute Gasteiger partial charge is 0.434 e. The zero-order valence-electron chi connectivity index (χ0n) is 19.3. The van der Waals surface area contributed by atoms with Crippen molar-refractivity contribution in [1.29, 1.82) is 0 Å². The van der Waals surface area contributed by atoms with Crippen LogP contribution in [0.1, 0.15) is 62.9 Å². The van der Waals surface area contributed by atoms with Crippen molar-refractivity contribution in [2.24, 2.45) is 0 Å². The van der Waals surface area contributed by atoms with Crippen LogP contribution in [0.25, 0.3) is 6.08 Å². The van der Waals surface area contributed by atoms with Gasteiger partial charge in [-0.05, 0) is 59.1 Å². The Labute approximate surface area is 199 Å². The van der Waals surface area contributed by atoms with Crippen LogP contribution < -0.4 is 5.48 Å². The molecule has 1 aliphatic heterocycles. The minimum Gasteiger partial charge on any atom is -0.507 e. The zero-order chi connectivity index (χ0) is 24.5. The average molecular weight is 479 g/mol. The van der Waals surface area contributed by atoms with Crippen LogP contribution >= 0.6 is 11.6 Å². The maximum atomic E-state index is 12.7. The summed E-state index contributed by atoms with van der Waals surface area (Å²) in [6.45, 7) is 7.63. The van der Waals surface area contributed by atoms with E-state index in [4.69, 9.17) is 21.2 Å². The van der Waals surface area contributed by atoms with Crippen molar-refractivity contribution < 1.29 is 29.4 Å². The molecule has 1 aromatic rings. The quantitative estimate of drug-likeness (QED) is 0.306. The zero-order valence-corrected chi connectivity index (χ0v) is 20.1. The number of carbonyl (C=O) groups excluding carboxylic acids is 2. The number of carbonyl (C=O) groups is 2. The van der Waals surface area contributed by atoms with E-state index in [1.807, 2.05) is 45.9 Å². The fourth-order valence-electron chi connectivity index (χ4n) is 3.37. The molecule has 0 radical (unpaired) electrons. The number of allylic oxidation sites excluding steroid dienone is 3. The number of halogens is 1. The SMILES string of the molecule is CC(C)N(C(=O)ON/C1=C\c2c(Cl)c(O)cc(O)c2C(=O)OCCC=CCCC=C1)C(C)C. The van der Waals surface area contributed by atoms with Crippen LogP contribution in [-0.2, 0) is 9.57 Å². The van der Waals surface area contributed by atoms with Gasteiger partial charge < -0.3 is 24.7 Å². The summed E-state index contributed by atoms with van der Waals surface area (Å²) in [4.78, 5) is 32.1. The van der Waals surface area contributed by atoms with E-state index in [0.29, 0.717) is 12.8 Å². The number of nitrogens with one attached hydrogen (secondary N) is 1. The number of hydroxylamine groups is 1. The van der Waals surface area contributed by atoms with Crippen LogP contribution in [0, 0.1) is 0 Å². The first-order chi connectivity index (χ1) is 15.6. The van der Waals surface area contributed by atoms with Gasteiger partial charge >= 0.3 is 12.1 Å². The molecule has 0 aromatic heterocycles. The van der Waals surface area contributed by atoms with Gasteiger partial charge in [-0.25, -0.2) is 15.1 Å². The van der Waals surface area contributed by atoms with Gasteiger partial charge in [0.2, 0.25) is 0 Å². The predicted molar refractivity (Wildman–Crippen MR) is 127 cm³/mol. The van der Waals surface area contributed by atoms with Crippen molar-refractivity contribution in [3.8, 4) is 11.5 Å². The Morgan fingerprint density at radius 3 is 2.39 bits per heavy atom. The first-order valence-corrected chi connectivity index (χ1v) is 11.2. The summed E-state index contributed by atoms with van der Waals surface area (Å²) in [6, 6.07) is 0.808. The van der Waals surface area contributed by atoms with E-state index < -0.39 is 23.6 Å². The Kier molecular flexibility index (Phi) is 9.66. The molecule has 8 nitrogen and oxygen atoms in total. The van der Waals surface area contributed by atoms with Gasteiger partial charge in [0.15, 0.2) is 0 Å². The number of cyclic esters (lactones) is 1. The molecule has 0 saturated carbocycles. The lowest BCUT2D eigenvalue weighted by molar-refractivity contribution is 0.0496. The molecule has 33 heavy (non-hydrogen) atoms. The molecule has 1 aromatic carbocycles. The molecule has 0 atom stereocenters. The molecule has 0 fully saturated rings. The monoisotopic (exact) mass is 478 g/mol. The Balaban J connectivity index is 2.48. The molecule has 1 heterocycles. The molecule has 180 valence electrons. The number of esters is 1. The molecular formula is C24H31ClN2O6. The van der Waals surface area contributed by atoms with Crippen LogP contribution in [0.2, 0.25) is 5.02 Å². The lowest BCUT2D eigenvalue weighted by Gasteiger charge is -2.29. The van der Waals surface area contributed by atoms with Crippen molar-refractivity contribution in [3.63, 3.8) is 0 Å². The van der Waals surface area contributed by atoms with E-state index in [-0.39, 0.29) is 40.5 Å². The number of nitrogens with zero attached hydrogens (tertiary/aromatic N) is 1. The van der Waals surface area contributed by atoms with Gasteiger partial charge in [0.05, 0.1) is 17.3 Å². The number of ether oxygens (including phenoxy) is 1. The van der Waals surface area contributed by atoms with E-state index in [0.717, 1.165) is 12.5 Å². The van der Waals surface area contributed by atoms with Gasteiger partial charge in [0, 0.05) is 23.7 Å². The van der Waals surface area contributed by atoms with Gasteiger partial charge in [0.25, 0.3) is 0 Å². The highest BCUT2D eigenvalue weighted by Gasteiger charge is 2.24. The molecular weight excluding hydrogens is 448 g/mol. The summed E-state index contributed by atoms with van der Waals surface area (Å²) >= 11 is 6.27. The highest BCUT2D eigenvalue weighted by Crippen LogP contribution is 2.38. The van der Waals surface area contributed by atoms with Crippen molar-refractivity contribution in [1.82, 2.24) is 10.4 Å². The molecule has 0 aliphatic carbocycles. The predicted octanol–water partition coefficient (Wildman–Crippen LogP) is 5.31. The first kappa shape index (κ1) is 26.1. The summed E-state index contributed by atoms with van der Waals surface area (Å²) in [5, 5.41) is 20.3. The highest BCUT2D eigenvalue weighted by molar-refractivity contribution is 6.34. The number of hydrogen-bond acceptors (Lipinski definition) is 7. The Morgan fingerprint density at radius 2 is 1.73 bits per heavy atom. The van der Waals surface area contributed by atoms with Crippen molar-refractivity contribution in [2.75, 3.05) is 6.61 Å². The van der Waals surface area contributed by atoms with E-state index in [9.17, 15) is 19.8 Å². The number of hydrogen-bond donors (Lipinski definition) is 3. The molecule has 0 unspecified atom stereocenters. The number of phenolic OH excluding ortho intramolecular Hbond substituents is 2. The Morgan fingerprint density at radius 1 is 1.09 bits per heavy atom. The van der Waals surface area contributed by atoms with Gasteiger partial charge in [0.1, 0.15) is 17.1 Å². The minimum absolute atomic E-state index is 0.0274. The standard InChI is InChI=1S/C24H31ClN2O6/c1-15(2)27(16(3)4)24(31)33-26-17-11-9-7-5-6-8-10-12-32-23(30)21-18(13-17)22(25)20(29)14-19(21)28/h6,8-9,11,13-16,26,28-29H,5,7,10,12H2,1-4H3/b8-6?,11-9?,17-13-. The van der Waals surface area contributed by atoms with Crippen LogP contribution in [0.5, 0.6) is 11.5 Å². The number of rotatable bonds is 4. The topological polar surface area (TPSA) is 108 Å². The van der Waals surface area contributed by atoms with E-state index in [2.05, 4.69) is 5.48 Å². The Bertz CT molecular complexity index is 945. The average Bonchev–Trinajstić information content (AvgIpc) is 2.72. The second kappa shape index (κ2) is 12.2. The minimum atomic E-state index is -0.794. The van der Waals surface area contributed by atoms with Crippen molar-refractivity contribution in [3.05, 3.63) is 52.2 Å². The van der Waals surface area contributed by atoms with Crippen molar-refractivity contribution in [2.45, 2.75) is 59.0 Å². The fraction of sp³-hybridized carbons (Fsp3) is 0.417. The molecule has 0 spiro atoms. The third-order valence-corrected chi connectivity index (χ3v) is 5.22. The van der Waals surface area contributed by atoms with Gasteiger partial charge in [-0.2, -0.15) is 0 Å². The van der Waals surface area contributed by atoms with Crippen LogP contribution in [0.4, 0.5) is 4.79 Å². The number of phenols is 2. The summed E-state index contributed by atoms with van der Waals surface area (Å²) in [5.74, 6) is -1.69. The molecule has 3 N–H and O–H groups in total. The number of benzene rings is 1. The first-order valence-electron chi connectivity index (χ1n) is 10.8. The van der Waals surface area contributed by atoms with E-state index >= 15 is 0 Å². The van der Waals surface area contributed by atoms with Crippen LogP contribution in [-0.4, -0.2) is 45.9 Å². The Hall–Kier alpha value is -3.13. The second-order valence-electron chi connectivity index (χ2n) is 8.06. The normalized spacial score (nSPS) is 16.5. The van der Waals surface area contributed by atoms with E-state index in [1.54, 1.807) is 11.0 Å². The third-order valence-electron chi connectivity index (χ3n) is 4.83. The second-order valence-corrected chi connectivity index (χ2v) is 8.44. The maximum absolute atomic E-state index is 12.7. The number of aromatic hydroxyl groups is 2. The summed E-state index contributed by atoms with van der Waals surface area (Å²) in [7, 11) is 0. The molecule has 1 amide bonds. The van der Waals surface area contributed by atoms with Gasteiger partial charge in [-0.1, -0.05) is 29.8 Å². The molecule has 0 bridgehead atoms. The summed E-state index contributed by atoms with van der Waals surface area (Å²) in [6.07, 6.45) is 10.2. The fourth-order valence-corrected chi connectivity index (χ4v) is 3.57. The molecule has 9 heteroatoms.